The summed E-state index contributed by atoms with van der Waals surface area (Å²) >= 11 is 0. The van der Waals surface area contributed by atoms with Gasteiger partial charge in [-0.05, 0) is 35.4 Å². The average Bonchev–Trinajstić information content (AvgIpc) is 2.94. The molecule has 4 heteroatoms. The van der Waals surface area contributed by atoms with Gasteiger partial charge >= 0.3 is 5.97 Å². The predicted molar refractivity (Wildman–Crippen MR) is 97.7 cm³/mol. The molecule has 2 aromatic carbocycles. The van der Waals surface area contributed by atoms with E-state index in [0.29, 0.717) is 11.6 Å². The van der Waals surface area contributed by atoms with Gasteiger partial charge in [0.25, 0.3) is 0 Å². The molecule has 3 rings (SSSR count). The van der Waals surface area contributed by atoms with Crippen LogP contribution in [0.5, 0.6) is 0 Å². The number of nitrogens with zero attached hydrogens (tertiary/aromatic N) is 2. The van der Waals surface area contributed by atoms with Crippen molar-refractivity contribution in [2.24, 2.45) is 4.99 Å². The Morgan fingerprint density at radius 2 is 1.62 bits per heavy atom. The Bertz CT molecular complexity index is 816. The van der Waals surface area contributed by atoms with E-state index in [1.807, 2.05) is 79.7 Å². The molecule has 1 aliphatic rings. The van der Waals surface area contributed by atoms with Crippen molar-refractivity contribution >= 4 is 29.7 Å². The van der Waals surface area contributed by atoms with Crippen molar-refractivity contribution < 1.29 is 9.53 Å². The number of hydrogen-bond acceptors (Lipinski definition) is 4. The van der Waals surface area contributed by atoms with Crippen LogP contribution in [0.2, 0.25) is 0 Å². The molecule has 24 heavy (non-hydrogen) atoms. The van der Waals surface area contributed by atoms with Crippen LogP contribution in [0.4, 0.5) is 5.69 Å². The van der Waals surface area contributed by atoms with Crippen LogP contribution in [-0.4, -0.2) is 26.0 Å². The third-order valence-corrected chi connectivity index (χ3v) is 3.57. The summed E-state index contributed by atoms with van der Waals surface area (Å²) in [6.45, 7) is 0. The maximum Gasteiger partial charge on any atom is 0.363 e. The van der Waals surface area contributed by atoms with Gasteiger partial charge in [-0.25, -0.2) is 9.79 Å². The second-order valence-electron chi connectivity index (χ2n) is 5.60. The Morgan fingerprint density at radius 1 is 0.917 bits per heavy atom. The van der Waals surface area contributed by atoms with Crippen molar-refractivity contribution in [3.63, 3.8) is 0 Å². The summed E-state index contributed by atoms with van der Waals surface area (Å²) in [6.07, 6.45) is 5.29. The fraction of sp³-hybridized carbons (Fsp3) is 0.100. The van der Waals surface area contributed by atoms with Crippen LogP contribution in [0.1, 0.15) is 11.1 Å². The highest BCUT2D eigenvalue weighted by Crippen LogP contribution is 2.19. The van der Waals surface area contributed by atoms with Crippen molar-refractivity contribution in [1.82, 2.24) is 0 Å². The smallest absolute Gasteiger partial charge is 0.363 e. The van der Waals surface area contributed by atoms with E-state index in [-0.39, 0.29) is 0 Å². The molecule has 2 aromatic rings. The fourth-order valence-electron chi connectivity index (χ4n) is 2.26. The Hall–Kier alpha value is -3.14. The third kappa shape index (κ3) is 3.79. The quantitative estimate of drug-likeness (QED) is 0.637. The Morgan fingerprint density at radius 3 is 2.29 bits per heavy atom. The fourth-order valence-corrected chi connectivity index (χ4v) is 2.26. The van der Waals surface area contributed by atoms with Crippen molar-refractivity contribution in [3.8, 4) is 0 Å². The minimum Gasteiger partial charge on any atom is -0.403 e. The molecule has 1 aliphatic heterocycles. The Kier molecular flexibility index (Phi) is 4.57. The van der Waals surface area contributed by atoms with Gasteiger partial charge in [-0.2, -0.15) is 0 Å². The van der Waals surface area contributed by atoms with E-state index in [1.165, 1.54) is 0 Å². The van der Waals surface area contributed by atoms with E-state index in [0.717, 1.165) is 16.8 Å². The summed E-state index contributed by atoms with van der Waals surface area (Å²) < 4.78 is 5.18. The molecule has 120 valence electrons. The number of rotatable bonds is 4. The summed E-state index contributed by atoms with van der Waals surface area (Å²) in [5, 5.41) is 0. The highest BCUT2D eigenvalue weighted by molar-refractivity contribution is 6.11. The zero-order chi connectivity index (χ0) is 16.9. The maximum absolute atomic E-state index is 11.9. The van der Waals surface area contributed by atoms with E-state index in [9.17, 15) is 4.79 Å². The number of ether oxygens (including phenoxy) is 1. The number of cyclic esters (lactones) is 1. The minimum atomic E-state index is -0.431. The molecule has 0 atom stereocenters. The highest BCUT2D eigenvalue weighted by Gasteiger charge is 2.20. The molecule has 0 spiro atoms. The molecule has 0 aromatic heterocycles. The lowest BCUT2D eigenvalue weighted by atomic mass is 10.1. The van der Waals surface area contributed by atoms with Crippen LogP contribution in [0.3, 0.4) is 0 Å². The number of anilines is 1. The van der Waals surface area contributed by atoms with E-state index >= 15 is 0 Å². The summed E-state index contributed by atoms with van der Waals surface area (Å²) in [5.41, 5.74) is 3.33. The number of aliphatic imine (C=N–C) groups is 1. The van der Waals surface area contributed by atoms with E-state index in [2.05, 4.69) is 4.99 Å². The lowest BCUT2D eigenvalue weighted by Crippen LogP contribution is -2.07. The second kappa shape index (κ2) is 6.96. The van der Waals surface area contributed by atoms with E-state index < -0.39 is 5.97 Å². The molecule has 0 unspecified atom stereocenters. The van der Waals surface area contributed by atoms with Gasteiger partial charge in [-0.15, -0.1) is 0 Å². The Balaban J connectivity index is 1.77. The van der Waals surface area contributed by atoms with Crippen molar-refractivity contribution in [1.29, 1.82) is 0 Å². The Labute approximate surface area is 141 Å². The first-order chi connectivity index (χ1) is 11.6. The number of esters is 1. The standard InChI is InChI=1S/C20H18N2O2/c1-22(2)17-11-8-16(9-12-17)14-18-20(23)24-19(21-18)13-10-15-6-4-3-5-7-15/h3-14H,1-2H3/b13-10+,18-14?. The lowest BCUT2D eigenvalue weighted by molar-refractivity contribution is -0.129. The van der Waals surface area contributed by atoms with Gasteiger partial charge in [0, 0.05) is 25.9 Å². The SMILES string of the molecule is CN(C)c1ccc(C=C2N=C(/C=C/c3ccccc3)OC2=O)cc1. The van der Waals surface area contributed by atoms with Crippen LogP contribution >= 0.6 is 0 Å². The van der Waals surface area contributed by atoms with E-state index in [4.69, 9.17) is 4.74 Å². The first-order valence-corrected chi connectivity index (χ1v) is 7.65. The summed E-state index contributed by atoms with van der Waals surface area (Å²) in [6, 6.07) is 17.7. The highest BCUT2D eigenvalue weighted by atomic mass is 16.6. The van der Waals surface area contributed by atoms with Crippen LogP contribution in [0, 0.1) is 0 Å². The molecule has 0 N–H and O–H groups in total. The zero-order valence-electron chi connectivity index (χ0n) is 13.6. The molecule has 0 bridgehead atoms. The first kappa shape index (κ1) is 15.7. The summed E-state index contributed by atoms with van der Waals surface area (Å²) in [4.78, 5) is 18.2. The maximum atomic E-state index is 11.9. The number of carbonyl (C=O) groups is 1. The monoisotopic (exact) mass is 318 g/mol. The minimum absolute atomic E-state index is 0.306. The largest absolute Gasteiger partial charge is 0.403 e. The topological polar surface area (TPSA) is 41.9 Å². The number of hydrogen-bond donors (Lipinski definition) is 0. The zero-order valence-corrected chi connectivity index (χ0v) is 13.6. The first-order valence-electron chi connectivity index (χ1n) is 7.65. The van der Waals surface area contributed by atoms with Crippen molar-refractivity contribution in [2.45, 2.75) is 0 Å². The van der Waals surface area contributed by atoms with Gasteiger partial charge in [0.2, 0.25) is 5.90 Å². The molecule has 4 nitrogen and oxygen atoms in total. The molecule has 1 heterocycles. The third-order valence-electron chi connectivity index (χ3n) is 3.57. The molecular formula is C20H18N2O2. The summed E-state index contributed by atoms with van der Waals surface area (Å²) in [7, 11) is 3.97. The molecule has 0 radical (unpaired) electrons. The number of carbonyl (C=O) groups excluding carboxylic acids is 1. The molecule has 0 saturated carbocycles. The van der Waals surface area contributed by atoms with Crippen LogP contribution < -0.4 is 4.90 Å². The molecule has 0 aliphatic carbocycles. The van der Waals surface area contributed by atoms with E-state index in [1.54, 1.807) is 12.2 Å². The lowest BCUT2D eigenvalue weighted by Gasteiger charge is -2.11. The van der Waals surface area contributed by atoms with Gasteiger partial charge in [0.05, 0.1) is 0 Å². The van der Waals surface area contributed by atoms with Crippen molar-refractivity contribution in [3.05, 3.63) is 77.5 Å². The summed E-state index contributed by atoms with van der Waals surface area (Å²) in [5.74, 6) is -0.126. The molecule has 0 saturated heterocycles. The van der Waals surface area contributed by atoms with Gasteiger partial charge in [-0.3, -0.25) is 0 Å². The van der Waals surface area contributed by atoms with Crippen LogP contribution in [0.15, 0.2) is 71.4 Å². The molecule has 0 fully saturated rings. The average molecular weight is 318 g/mol. The van der Waals surface area contributed by atoms with Crippen LogP contribution in [-0.2, 0) is 9.53 Å². The molecular weight excluding hydrogens is 300 g/mol. The van der Waals surface area contributed by atoms with Gasteiger partial charge in [-0.1, -0.05) is 42.5 Å². The van der Waals surface area contributed by atoms with Crippen LogP contribution in [0.25, 0.3) is 12.2 Å². The van der Waals surface area contributed by atoms with Gasteiger partial charge in [0.1, 0.15) is 0 Å². The normalized spacial score (nSPS) is 15.7. The molecule has 0 amide bonds. The predicted octanol–water partition coefficient (Wildman–Crippen LogP) is 3.76. The van der Waals surface area contributed by atoms with Gasteiger partial charge in [0.15, 0.2) is 5.70 Å². The number of benzene rings is 2. The second-order valence-corrected chi connectivity index (χ2v) is 5.60. The van der Waals surface area contributed by atoms with Gasteiger partial charge < -0.3 is 9.64 Å². The van der Waals surface area contributed by atoms with Crippen molar-refractivity contribution in [2.75, 3.05) is 19.0 Å².